The molecule has 0 radical (unpaired) electrons. The molecule has 1 N–H and O–H groups in total. The van der Waals surface area contributed by atoms with Crippen LogP contribution in [-0.2, 0) is 6.18 Å². The molecule has 0 aliphatic carbocycles. The largest absolute Gasteiger partial charge is 0.501 e. The highest BCUT2D eigenvalue weighted by Crippen LogP contribution is 2.44. The summed E-state index contributed by atoms with van der Waals surface area (Å²) in [7, 11) is 0. The van der Waals surface area contributed by atoms with Crippen LogP contribution in [0.25, 0.3) is 0 Å². The van der Waals surface area contributed by atoms with E-state index in [1.807, 2.05) is 0 Å². The molecule has 0 fully saturated rings. The number of nitro groups is 1. The zero-order chi connectivity index (χ0) is 10.2. The topological polar surface area (TPSA) is 63.4 Å². The molecule has 0 saturated heterocycles. The molecule has 1 aromatic heterocycles. The normalized spacial score (nSPS) is 11.6. The van der Waals surface area contributed by atoms with Crippen LogP contribution in [0.15, 0.2) is 5.38 Å². The lowest BCUT2D eigenvalue weighted by atomic mass is 10.3. The third-order valence-electron chi connectivity index (χ3n) is 1.22. The van der Waals surface area contributed by atoms with E-state index in [2.05, 4.69) is 0 Å². The van der Waals surface area contributed by atoms with Gasteiger partial charge < -0.3 is 5.11 Å². The van der Waals surface area contributed by atoms with Gasteiger partial charge in [-0.2, -0.15) is 13.2 Å². The Hall–Kier alpha value is -1.31. The van der Waals surface area contributed by atoms with E-state index in [0.717, 1.165) is 0 Å². The van der Waals surface area contributed by atoms with E-state index < -0.39 is 27.4 Å². The number of hydrogen-bond acceptors (Lipinski definition) is 4. The average molecular weight is 213 g/mol. The lowest BCUT2D eigenvalue weighted by Crippen LogP contribution is -2.03. The van der Waals surface area contributed by atoms with Gasteiger partial charge >= 0.3 is 11.2 Å². The number of nitrogens with zero attached hydrogens (tertiary/aromatic N) is 1. The van der Waals surface area contributed by atoms with Crippen molar-refractivity contribution in [2.75, 3.05) is 0 Å². The van der Waals surface area contributed by atoms with Crippen LogP contribution >= 0.6 is 11.3 Å². The van der Waals surface area contributed by atoms with Crippen LogP contribution in [0, 0.1) is 10.1 Å². The average Bonchev–Trinajstić information content (AvgIpc) is 2.28. The van der Waals surface area contributed by atoms with E-state index in [9.17, 15) is 23.3 Å². The minimum atomic E-state index is -4.76. The highest BCUT2D eigenvalue weighted by Gasteiger charge is 2.39. The molecule has 1 rings (SSSR count). The lowest BCUT2D eigenvalue weighted by Gasteiger charge is -2.02. The first kappa shape index (κ1) is 9.78. The van der Waals surface area contributed by atoms with Crippen molar-refractivity contribution < 1.29 is 23.2 Å². The van der Waals surface area contributed by atoms with Crippen molar-refractivity contribution in [2.24, 2.45) is 0 Å². The first-order valence-corrected chi connectivity index (χ1v) is 3.74. The zero-order valence-electron chi connectivity index (χ0n) is 5.83. The minimum absolute atomic E-state index is 0.242. The summed E-state index contributed by atoms with van der Waals surface area (Å²) >= 11 is 0.242. The van der Waals surface area contributed by atoms with Crippen molar-refractivity contribution in [3.63, 3.8) is 0 Å². The molecule has 1 aromatic rings. The van der Waals surface area contributed by atoms with Crippen LogP contribution < -0.4 is 0 Å². The fourth-order valence-electron chi connectivity index (χ4n) is 0.672. The van der Waals surface area contributed by atoms with E-state index in [-0.39, 0.29) is 11.3 Å². The molecule has 0 aliphatic rings. The summed E-state index contributed by atoms with van der Waals surface area (Å²) < 4.78 is 35.8. The second-order valence-corrected chi connectivity index (χ2v) is 2.92. The molecule has 72 valence electrons. The third kappa shape index (κ3) is 1.72. The summed E-state index contributed by atoms with van der Waals surface area (Å²) in [5, 5.41) is 18.4. The van der Waals surface area contributed by atoms with Gasteiger partial charge in [-0.25, -0.2) is 0 Å². The maximum Gasteiger partial charge on any atom is 0.421 e. The molecule has 0 amide bonds. The Labute approximate surface area is 73.4 Å². The number of halogens is 3. The van der Waals surface area contributed by atoms with Gasteiger partial charge in [0, 0.05) is 5.38 Å². The zero-order valence-corrected chi connectivity index (χ0v) is 6.65. The predicted octanol–water partition coefficient (Wildman–Crippen LogP) is 2.38. The Kier molecular flexibility index (Phi) is 2.16. The smallest absolute Gasteiger partial charge is 0.421 e. The van der Waals surface area contributed by atoms with Gasteiger partial charge in [0.25, 0.3) is 0 Å². The quantitative estimate of drug-likeness (QED) is 0.575. The minimum Gasteiger partial charge on any atom is -0.501 e. The SMILES string of the molecule is O=[N+]([O-])c1scc(C(F)(F)F)c1O. The third-order valence-corrected chi connectivity index (χ3v) is 2.14. The van der Waals surface area contributed by atoms with E-state index in [4.69, 9.17) is 5.11 Å². The van der Waals surface area contributed by atoms with Gasteiger partial charge in [-0.15, -0.1) is 0 Å². The molecular weight excluding hydrogens is 211 g/mol. The fraction of sp³-hybridized carbons (Fsp3) is 0.200. The molecule has 0 saturated carbocycles. The molecule has 0 aromatic carbocycles. The number of thiophene rings is 1. The summed E-state index contributed by atoms with van der Waals surface area (Å²) in [6.07, 6.45) is -4.76. The van der Waals surface area contributed by atoms with Gasteiger partial charge in [-0.05, 0) is 0 Å². The fourth-order valence-corrected chi connectivity index (χ4v) is 1.45. The molecule has 1 heterocycles. The highest BCUT2D eigenvalue weighted by molar-refractivity contribution is 7.13. The second-order valence-electron chi connectivity index (χ2n) is 2.06. The van der Waals surface area contributed by atoms with Crippen LogP contribution in [0.3, 0.4) is 0 Å². The Balaban J connectivity index is 3.22. The molecule has 0 bridgehead atoms. The number of hydrogen-bond donors (Lipinski definition) is 1. The Bertz CT molecular complexity index is 345. The van der Waals surface area contributed by atoms with Crippen molar-refractivity contribution in [2.45, 2.75) is 6.18 Å². The first-order chi connectivity index (χ1) is 5.84. The van der Waals surface area contributed by atoms with Crippen LogP contribution in [0.5, 0.6) is 5.75 Å². The van der Waals surface area contributed by atoms with Crippen molar-refractivity contribution in [3.05, 3.63) is 21.1 Å². The van der Waals surface area contributed by atoms with Crippen LogP contribution in [-0.4, -0.2) is 10.0 Å². The molecule has 13 heavy (non-hydrogen) atoms. The molecule has 0 aliphatic heterocycles. The molecule has 8 heteroatoms. The monoisotopic (exact) mass is 213 g/mol. The second kappa shape index (κ2) is 2.87. The first-order valence-electron chi connectivity index (χ1n) is 2.86. The van der Waals surface area contributed by atoms with Crippen molar-refractivity contribution in [1.82, 2.24) is 0 Å². The highest BCUT2D eigenvalue weighted by atomic mass is 32.1. The summed E-state index contributed by atoms with van der Waals surface area (Å²) in [5.41, 5.74) is -1.37. The summed E-state index contributed by atoms with van der Waals surface area (Å²) in [6, 6.07) is 0. The van der Waals surface area contributed by atoms with Gasteiger partial charge in [0.2, 0.25) is 5.75 Å². The van der Waals surface area contributed by atoms with E-state index in [1.165, 1.54) is 0 Å². The number of aromatic hydroxyl groups is 1. The van der Waals surface area contributed by atoms with Gasteiger partial charge in [0.1, 0.15) is 5.56 Å². The Morgan fingerprint density at radius 1 is 1.54 bits per heavy atom. The maximum atomic E-state index is 11.9. The van der Waals surface area contributed by atoms with Gasteiger partial charge in [0.05, 0.1) is 4.92 Å². The summed E-state index contributed by atoms with van der Waals surface area (Å²) in [4.78, 5) is 8.99. The van der Waals surface area contributed by atoms with Crippen molar-refractivity contribution in [1.29, 1.82) is 0 Å². The molecule has 0 spiro atoms. The molecule has 4 nitrogen and oxygen atoms in total. The summed E-state index contributed by atoms with van der Waals surface area (Å²) in [6.45, 7) is 0. The molecular formula is C5H2F3NO3S. The lowest BCUT2D eigenvalue weighted by molar-refractivity contribution is -0.381. The van der Waals surface area contributed by atoms with Gasteiger partial charge in [0.15, 0.2) is 0 Å². The number of rotatable bonds is 1. The standard InChI is InChI=1S/C5H2F3NO3S/c6-5(7,8)2-1-13-4(3(2)10)9(11)12/h1,10H. The van der Waals surface area contributed by atoms with Gasteiger partial charge in [-0.3, -0.25) is 10.1 Å². The maximum absolute atomic E-state index is 11.9. The van der Waals surface area contributed by atoms with Crippen LogP contribution in [0.1, 0.15) is 5.56 Å². The predicted molar refractivity (Wildman–Crippen MR) is 37.6 cm³/mol. The number of alkyl halides is 3. The van der Waals surface area contributed by atoms with Gasteiger partial charge in [-0.1, -0.05) is 11.3 Å². The molecule has 0 atom stereocenters. The van der Waals surface area contributed by atoms with E-state index in [0.29, 0.717) is 5.38 Å². The van der Waals surface area contributed by atoms with Crippen LogP contribution in [0.2, 0.25) is 0 Å². The Morgan fingerprint density at radius 2 is 2.08 bits per heavy atom. The Morgan fingerprint density at radius 3 is 2.31 bits per heavy atom. The van der Waals surface area contributed by atoms with E-state index in [1.54, 1.807) is 0 Å². The van der Waals surface area contributed by atoms with Crippen LogP contribution in [0.4, 0.5) is 18.2 Å². The molecule has 0 unspecified atom stereocenters. The summed E-state index contributed by atoms with van der Waals surface area (Å²) in [5.74, 6) is -1.32. The van der Waals surface area contributed by atoms with Crippen molar-refractivity contribution >= 4 is 16.3 Å². The van der Waals surface area contributed by atoms with E-state index >= 15 is 0 Å². The van der Waals surface area contributed by atoms with Crippen molar-refractivity contribution in [3.8, 4) is 5.75 Å².